The van der Waals surface area contributed by atoms with Crippen molar-refractivity contribution in [3.63, 3.8) is 0 Å². The molecule has 2 heterocycles. The summed E-state index contributed by atoms with van der Waals surface area (Å²) in [6, 6.07) is 8.50. The molecule has 0 spiro atoms. The van der Waals surface area contributed by atoms with Gasteiger partial charge in [0.1, 0.15) is 6.20 Å². The van der Waals surface area contributed by atoms with Gasteiger partial charge in [-0.3, -0.25) is 9.59 Å². The molecule has 0 saturated carbocycles. The van der Waals surface area contributed by atoms with Crippen LogP contribution in [0.3, 0.4) is 0 Å². The number of nitrogens with zero attached hydrogens (tertiary/aromatic N) is 4. The monoisotopic (exact) mass is 448 g/mol. The van der Waals surface area contributed by atoms with Gasteiger partial charge in [-0.15, -0.1) is 0 Å². The summed E-state index contributed by atoms with van der Waals surface area (Å²) in [5.74, 6) is -1.17. The summed E-state index contributed by atoms with van der Waals surface area (Å²) in [6.45, 7) is 1.47. The number of sulfonamides is 1. The Bertz CT molecular complexity index is 1090. The van der Waals surface area contributed by atoms with Crippen molar-refractivity contribution in [3.05, 3.63) is 58.3 Å². The summed E-state index contributed by atoms with van der Waals surface area (Å²) in [4.78, 5) is 39.1. The third-order valence-corrected chi connectivity index (χ3v) is 6.68. The maximum absolute atomic E-state index is 12.8. The van der Waals surface area contributed by atoms with Crippen LogP contribution in [-0.4, -0.2) is 72.0 Å². The Hall–Kier alpha value is -3.38. The molecular weight excluding hydrogens is 428 g/mol. The normalized spacial score (nSPS) is 14.8. The average molecular weight is 448 g/mol. The topological polar surface area (TPSA) is 140 Å². The van der Waals surface area contributed by atoms with E-state index in [1.807, 2.05) is 0 Å². The summed E-state index contributed by atoms with van der Waals surface area (Å²) in [5, 5.41) is 11.0. The Morgan fingerprint density at radius 3 is 2.35 bits per heavy atom. The molecule has 1 aliphatic rings. The molecule has 0 N–H and O–H groups in total. The van der Waals surface area contributed by atoms with E-state index in [0.717, 1.165) is 0 Å². The molecule has 3 rings (SSSR count). The number of aromatic nitrogens is 1. The van der Waals surface area contributed by atoms with Gasteiger partial charge in [-0.1, -0.05) is 12.1 Å². The molecule has 1 amide bonds. The highest BCUT2D eigenvalue weighted by molar-refractivity contribution is 7.89. The molecule has 1 aliphatic heterocycles. The van der Waals surface area contributed by atoms with Gasteiger partial charge in [0.2, 0.25) is 15.8 Å². The van der Waals surface area contributed by atoms with E-state index in [-0.39, 0.29) is 42.6 Å². The number of ketones is 1. The third kappa shape index (κ3) is 5.03. The van der Waals surface area contributed by atoms with Gasteiger partial charge < -0.3 is 19.8 Å². The first-order valence-corrected chi connectivity index (χ1v) is 10.8. The molecule has 11 nitrogen and oxygen atoms in total. The molecule has 0 bridgehead atoms. The van der Waals surface area contributed by atoms with Gasteiger partial charge in [-0.05, 0) is 41.1 Å². The molecule has 1 saturated heterocycles. The van der Waals surface area contributed by atoms with E-state index in [1.165, 1.54) is 58.7 Å². The smallest absolute Gasteiger partial charge is 0.406 e. The zero-order chi connectivity index (χ0) is 22.6. The van der Waals surface area contributed by atoms with Crippen molar-refractivity contribution < 1.29 is 27.7 Å². The molecule has 1 aromatic carbocycles. The van der Waals surface area contributed by atoms with Crippen LogP contribution < -0.4 is 4.74 Å². The number of amides is 1. The molecule has 0 radical (unpaired) electrons. The Balaban J connectivity index is 1.58. The van der Waals surface area contributed by atoms with Crippen molar-refractivity contribution in [3.8, 4) is 5.75 Å². The van der Waals surface area contributed by atoms with Crippen LogP contribution in [-0.2, 0) is 14.8 Å². The molecule has 1 aromatic heterocycles. The predicted octanol–water partition coefficient (Wildman–Crippen LogP) is 1.10. The van der Waals surface area contributed by atoms with Crippen LogP contribution in [0.25, 0.3) is 0 Å². The van der Waals surface area contributed by atoms with Crippen LogP contribution in [0.4, 0.5) is 5.82 Å². The van der Waals surface area contributed by atoms with Crippen molar-refractivity contribution in [1.82, 2.24) is 14.2 Å². The van der Waals surface area contributed by atoms with Crippen LogP contribution in [0.2, 0.25) is 0 Å². The van der Waals surface area contributed by atoms with Crippen molar-refractivity contribution >= 4 is 27.5 Å². The van der Waals surface area contributed by atoms with Crippen LogP contribution in [0.1, 0.15) is 17.3 Å². The summed E-state index contributed by atoms with van der Waals surface area (Å²) in [5.41, 5.74) is 0.420. The number of pyridine rings is 1. The van der Waals surface area contributed by atoms with Gasteiger partial charge in [0.15, 0.2) is 12.4 Å². The second-order valence-electron chi connectivity index (χ2n) is 6.74. The molecule has 31 heavy (non-hydrogen) atoms. The van der Waals surface area contributed by atoms with Gasteiger partial charge in [-0.25, -0.2) is 8.42 Å². The largest absolute Gasteiger partial charge is 0.476 e. The molecular formula is C19H20N4O7S. The second kappa shape index (κ2) is 9.18. The first-order valence-electron chi connectivity index (χ1n) is 9.31. The number of Topliss-reactive ketones (excluding diaryl/α,β-unsaturated/α-hetero) is 1. The molecule has 2 aromatic rings. The quantitative estimate of drug-likeness (QED) is 0.348. The number of nitro groups is 1. The Kier molecular flexibility index (Phi) is 6.61. The van der Waals surface area contributed by atoms with Crippen molar-refractivity contribution in [2.24, 2.45) is 0 Å². The molecule has 1 fully saturated rings. The van der Waals surface area contributed by atoms with Gasteiger partial charge in [0.25, 0.3) is 5.91 Å². The Morgan fingerprint density at radius 1 is 1.13 bits per heavy atom. The zero-order valence-electron chi connectivity index (χ0n) is 16.6. The fraction of sp³-hybridized carbons (Fsp3) is 0.316. The van der Waals surface area contributed by atoms with Crippen LogP contribution in [0, 0.1) is 10.1 Å². The molecule has 0 aliphatic carbocycles. The minimum Gasteiger partial charge on any atom is -0.476 e. The van der Waals surface area contributed by atoms with E-state index in [0.29, 0.717) is 5.56 Å². The number of hydrogen-bond acceptors (Lipinski definition) is 8. The standard InChI is InChI=1S/C19H20N4O7S/c1-14(24)15-4-6-16(7-5-15)31(28,29)22-11-9-21(10-12-22)18(25)13-30-17-3-2-8-20-19(17)23(26)27/h2-8H,9-13H2,1H3. The van der Waals surface area contributed by atoms with Crippen LogP contribution in [0.5, 0.6) is 5.75 Å². The molecule has 164 valence electrons. The number of carbonyl (C=O) groups excluding carboxylic acids is 2. The fourth-order valence-corrected chi connectivity index (χ4v) is 4.47. The number of hydrogen-bond donors (Lipinski definition) is 0. The molecule has 0 unspecified atom stereocenters. The minimum absolute atomic E-state index is 0.0736. The maximum Gasteiger partial charge on any atom is 0.406 e. The van der Waals surface area contributed by atoms with Gasteiger partial charge in [0, 0.05) is 31.7 Å². The second-order valence-corrected chi connectivity index (χ2v) is 8.67. The lowest BCUT2D eigenvalue weighted by atomic mass is 10.2. The number of benzene rings is 1. The number of ether oxygens (including phenoxy) is 1. The Morgan fingerprint density at radius 2 is 1.77 bits per heavy atom. The van der Waals surface area contributed by atoms with Crippen LogP contribution >= 0.6 is 0 Å². The highest BCUT2D eigenvalue weighted by Crippen LogP contribution is 2.23. The lowest BCUT2D eigenvalue weighted by Gasteiger charge is -2.33. The van der Waals surface area contributed by atoms with Gasteiger partial charge in [-0.2, -0.15) is 4.31 Å². The van der Waals surface area contributed by atoms with Crippen molar-refractivity contribution in [2.75, 3.05) is 32.8 Å². The number of carbonyl (C=O) groups is 2. The van der Waals surface area contributed by atoms with Gasteiger partial charge >= 0.3 is 5.82 Å². The number of rotatable bonds is 7. The maximum atomic E-state index is 12.8. The highest BCUT2D eigenvalue weighted by Gasteiger charge is 2.30. The average Bonchev–Trinajstić information content (AvgIpc) is 2.77. The zero-order valence-corrected chi connectivity index (χ0v) is 17.4. The molecule has 12 heteroatoms. The van der Waals surface area contributed by atoms with E-state index in [1.54, 1.807) is 0 Å². The van der Waals surface area contributed by atoms with Crippen molar-refractivity contribution in [2.45, 2.75) is 11.8 Å². The van der Waals surface area contributed by atoms with Gasteiger partial charge in [0.05, 0.1) is 4.90 Å². The summed E-state index contributed by atoms with van der Waals surface area (Å²) < 4.78 is 32.1. The van der Waals surface area contributed by atoms with E-state index < -0.39 is 33.3 Å². The SMILES string of the molecule is CC(=O)c1ccc(S(=O)(=O)N2CCN(C(=O)COc3cccnc3[N+](=O)[O-])CC2)cc1. The van der Waals surface area contributed by atoms with E-state index in [9.17, 15) is 28.1 Å². The molecule has 0 atom stereocenters. The Labute approximate surface area is 178 Å². The fourth-order valence-electron chi connectivity index (χ4n) is 3.05. The van der Waals surface area contributed by atoms with Crippen molar-refractivity contribution in [1.29, 1.82) is 0 Å². The summed E-state index contributed by atoms with van der Waals surface area (Å²) >= 11 is 0. The minimum atomic E-state index is -3.75. The van der Waals surface area contributed by atoms with Crippen LogP contribution in [0.15, 0.2) is 47.5 Å². The number of piperazine rings is 1. The third-order valence-electron chi connectivity index (χ3n) is 4.76. The first-order chi connectivity index (χ1) is 14.7. The highest BCUT2D eigenvalue weighted by atomic mass is 32.2. The lowest BCUT2D eigenvalue weighted by Crippen LogP contribution is -2.51. The summed E-state index contributed by atoms with van der Waals surface area (Å²) in [7, 11) is -3.75. The predicted molar refractivity (Wildman–Crippen MR) is 108 cm³/mol. The lowest BCUT2D eigenvalue weighted by molar-refractivity contribution is -0.390. The van der Waals surface area contributed by atoms with E-state index in [2.05, 4.69) is 4.98 Å². The summed E-state index contributed by atoms with van der Waals surface area (Å²) in [6.07, 6.45) is 1.25. The van der Waals surface area contributed by atoms with E-state index >= 15 is 0 Å². The first kappa shape index (κ1) is 22.3. The van der Waals surface area contributed by atoms with E-state index in [4.69, 9.17) is 4.74 Å².